The van der Waals surface area contributed by atoms with Crippen molar-refractivity contribution in [3.8, 4) is 0 Å². The summed E-state index contributed by atoms with van der Waals surface area (Å²) in [4.78, 5) is 31.6. The van der Waals surface area contributed by atoms with Crippen molar-refractivity contribution < 1.29 is 18.0 Å². The number of carbonyl (C=O) groups is 2. The van der Waals surface area contributed by atoms with Gasteiger partial charge < -0.3 is 4.90 Å². The number of hydrogen-bond acceptors (Lipinski definition) is 6. The third-order valence-electron chi connectivity index (χ3n) is 9.35. The molecule has 0 N–H and O–H groups in total. The van der Waals surface area contributed by atoms with Crippen LogP contribution < -0.4 is 0 Å². The zero-order valence-corrected chi connectivity index (χ0v) is 25.7. The first-order valence-corrected chi connectivity index (χ1v) is 16.8. The molecule has 3 fully saturated rings. The summed E-state index contributed by atoms with van der Waals surface area (Å²) >= 11 is 0. The highest BCUT2D eigenvalue weighted by molar-refractivity contribution is 7.88. The average molecular weight is 564 g/mol. The van der Waals surface area contributed by atoms with E-state index in [1.165, 1.54) is 11.8 Å². The van der Waals surface area contributed by atoms with Crippen LogP contribution in [0.4, 0.5) is 0 Å². The Labute approximate surface area is 235 Å². The van der Waals surface area contributed by atoms with Crippen molar-refractivity contribution in [3.05, 3.63) is 17.0 Å². The Morgan fingerprint density at radius 2 is 1.69 bits per heavy atom. The molecule has 3 aliphatic heterocycles. The molecular formula is C29H49N5O4S. The molecule has 1 amide bonds. The molecule has 0 saturated carbocycles. The van der Waals surface area contributed by atoms with E-state index < -0.39 is 15.6 Å². The summed E-state index contributed by atoms with van der Waals surface area (Å²) < 4.78 is 27.5. The molecule has 1 atom stereocenters. The van der Waals surface area contributed by atoms with E-state index in [0.29, 0.717) is 44.8 Å². The summed E-state index contributed by atoms with van der Waals surface area (Å²) in [5.41, 5.74) is 2.75. The number of amides is 1. The van der Waals surface area contributed by atoms with Gasteiger partial charge in [0, 0.05) is 62.9 Å². The monoisotopic (exact) mass is 563 g/mol. The Morgan fingerprint density at radius 3 is 2.26 bits per heavy atom. The van der Waals surface area contributed by atoms with Crippen LogP contribution in [-0.2, 0) is 26.2 Å². The van der Waals surface area contributed by atoms with Gasteiger partial charge in [-0.15, -0.1) is 0 Å². The second-order valence-electron chi connectivity index (χ2n) is 12.6. The van der Waals surface area contributed by atoms with Gasteiger partial charge in [-0.05, 0) is 58.3 Å². The predicted octanol–water partition coefficient (Wildman–Crippen LogP) is 3.69. The minimum atomic E-state index is -3.15. The molecule has 39 heavy (non-hydrogen) atoms. The van der Waals surface area contributed by atoms with E-state index in [-0.39, 0.29) is 23.7 Å². The minimum Gasteiger partial charge on any atom is -0.330 e. The minimum absolute atomic E-state index is 0.168. The number of rotatable bonds is 9. The summed E-state index contributed by atoms with van der Waals surface area (Å²) in [5, 5.41) is 4.88. The van der Waals surface area contributed by atoms with Gasteiger partial charge in [-0.2, -0.15) is 5.10 Å². The van der Waals surface area contributed by atoms with Crippen LogP contribution in [0.3, 0.4) is 0 Å². The molecule has 0 aliphatic carbocycles. The lowest BCUT2D eigenvalue weighted by molar-refractivity contribution is -0.162. The maximum Gasteiger partial charge on any atom is 0.226 e. The van der Waals surface area contributed by atoms with Crippen molar-refractivity contribution in [1.29, 1.82) is 0 Å². The molecule has 3 saturated heterocycles. The lowest BCUT2D eigenvalue weighted by Gasteiger charge is -2.52. The zero-order valence-electron chi connectivity index (χ0n) is 24.9. The molecule has 1 aromatic heterocycles. The fourth-order valence-electron chi connectivity index (χ4n) is 7.03. The highest BCUT2D eigenvalue weighted by atomic mass is 32.2. The van der Waals surface area contributed by atoms with Gasteiger partial charge in [0.1, 0.15) is 5.54 Å². The van der Waals surface area contributed by atoms with Gasteiger partial charge in [-0.25, -0.2) is 12.7 Å². The standard InChI is InChI=1S/C29H49N5O4S/c1-7-8-13-33-28(36)24(18-21(2)3)19-27(35)29(33)11-16-31(17-12-29)20-26-22(4)30-34(23(26)5)25-9-14-32(15-10-25)39(6,37)38/h21,24-25H,7-20H2,1-6H3. The second kappa shape index (κ2) is 12.0. The van der Waals surface area contributed by atoms with Crippen molar-refractivity contribution in [2.45, 2.75) is 104 Å². The van der Waals surface area contributed by atoms with E-state index in [9.17, 15) is 18.0 Å². The quantitative estimate of drug-likeness (QED) is 0.455. The number of aryl methyl sites for hydroxylation is 1. The number of hydrogen-bond donors (Lipinski definition) is 0. The second-order valence-corrected chi connectivity index (χ2v) is 14.6. The van der Waals surface area contributed by atoms with E-state index in [2.05, 4.69) is 44.2 Å². The van der Waals surface area contributed by atoms with Crippen LogP contribution in [0.5, 0.6) is 0 Å². The molecule has 10 heteroatoms. The fraction of sp³-hybridized carbons (Fsp3) is 0.828. The van der Waals surface area contributed by atoms with Crippen molar-refractivity contribution in [3.63, 3.8) is 0 Å². The van der Waals surface area contributed by atoms with Crippen LogP contribution in [0.15, 0.2) is 0 Å². The van der Waals surface area contributed by atoms with Gasteiger partial charge in [-0.3, -0.25) is 19.2 Å². The molecule has 4 rings (SSSR count). The third kappa shape index (κ3) is 6.27. The van der Waals surface area contributed by atoms with Crippen molar-refractivity contribution >= 4 is 21.7 Å². The maximum atomic E-state index is 13.7. The molecule has 220 valence electrons. The van der Waals surface area contributed by atoms with E-state index >= 15 is 0 Å². The summed E-state index contributed by atoms with van der Waals surface area (Å²) in [5.74, 6) is 0.693. The van der Waals surface area contributed by atoms with Crippen molar-refractivity contribution in [2.75, 3.05) is 39.0 Å². The lowest BCUT2D eigenvalue weighted by Crippen LogP contribution is -2.66. The smallest absolute Gasteiger partial charge is 0.226 e. The number of unbranched alkanes of at least 4 members (excludes halogenated alkanes) is 1. The highest BCUT2D eigenvalue weighted by Crippen LogP contribution is 2.40. The van der Waals surface area contributed by atoms with Crippen LogP contribution in [-0.4, -0.2) is 88.5 Å². The van der Waals surface area contributed by atoms with E-state index in [0.717, 1.165) is 63.1 Å². The number of carbonyl (C=O) groups excluding carboxylic acids is 2. The molecule has 1 spiro atoms. The van der Waals surface area contributed by atoms with Crippen molar-refractivity contribution in [1.82, 2.24) is 23.9 Å². The molecule has 0 radical (unpaired) electrons. The summed E-state index contributed by atoms with van der Waals surface area (Å²) in [7, 11) is -3.15. The first-order valence-electron chi connectivity index (χ1n) is 14.9. The van der Waals surface area contributed by atoms with Gasteiger partial charge in [-0.1, -0.05) is 27.2 Å². The predicted molar refractivity (Wildman–Crippen MR) is 153 cm³/mol. The van der Waals surface area contributed by atoms with Crippen LogP contribution in [0.2, 0.25) is 0 Å². The first kappa shape index (κ1) is 30.2. The number of nitrogens with zero attached hydrogens (tertiary/aromatic N) is 5. The van der Waals surface area contributed by atoms with Gasteiger partial charge >= 0.3 is 0 Å². The van der Waals surface area contributed by atoms with Gasteiger partial charge in [0.15, 0.2) is 5.78 Å². The number of aromatic nitrogens is 2. The Kier molecular flexibility index (Phi) is 9.28. The summed E-state index contributed by atoms with van der Waals surface area (Å²) in [6.45, 7) is 14.7. The van der Waals surface area contributed by atoms with Crippen LogP contribution in [0, 0.1) is 25.7 Å². The Bertz CT molecular complexity index is 1140. The fourth-order valence-corrected chi connectivity index (χ4v) is 7.90. The summed E-state index contributed by atoms with van der Waals surface area (Å²) in [6, 6.07) is 0.205. The van der Waals surface area contributed by atoms with E-state index in [4.69, 9.17) is 5.10 Å². The molecule has 1 unspecified atom stereocenters. The molecule has 4 heterocycles. The molecule has 0 bridgehead atoms. The topological polar surface area (TPSA) is 95.8 Å². The van der Waals surface area contributed by atoms with Crippen LogP contribution in [0.1, 0.15) is 95.1 Å². The number of sulfonamides is 1. The molecule has 3 aliphatic rings. The maximum absolute atomic E-state index is 13.7. The largest absolute Gasteiger partial charge is 0.330 e. The number of piperidine rings is 3. The lowest BCUT2D eigenvalue weighted by atomic mass is 9.72. The van der Waals surface area contributed by atoms with Gasteiger partial charge in [0.25, 0.3) is 0 Å². The third-order valence-corrected chi connectivity index (χ3v) is 10.7. The van der Waals surface area contributed by atoms with Gasteiger partial charge in [0.05, 0.1) is 18.0 Å². The molecule has 1 aromatic rings. The first-order chi connectivity index (χ1) is 18.4. The van der Waals surface area contributed by atoms with Crippen LogP contribution >= 0.6 is 0 Å². The summed E-state index contributed by atoms with van der Waals surface area (Å²) in [6.07, 6.45) is 7.32. The highest BCUT2D eigenvalue weighted by Gasteiger charge is 2.53. The van der Waals surface area contributed by atoms with Crippen molar-refractivity contribution in [2.24, 2.45) is 11.8 Å². The number of Topliss-reactive ketones (excluding diaryl/α,β-unsaturated/α-hetero) is 1. The molecular weight excluding hydrogens is 514 g/mol. The SMILES string of the molecule is CCCCN1C(=O)C(CC(C)C)CC(=O)C12CCN(Cc1c(C)nn(C3CCN(S(C)(=O)=O)CC3)c1C)CC2. The Balaban J connectivity index is 1.43. The van der Waals surface area contributed by atoms with E-state index in [1.807, 2.05) is 4.90 Å². The molecule has 9 nitrogen and oxygen atoms in total. The van der Waals surface area contributed by atoms with Crippen LogP contribution in [0.25, 0.3) is 0 Å². The van der Waals surface area contributed by atoms with E-state index in [1.54, 1.807) is 4.31 Å². The van der Waals surface area contributed by atoms with Gasteiger partial charge in [0.2, 0.25) is 15.9 Å². The Hall–Kier alpha value is -1.78. The average Bonchev–Trinajstić information content (AvgIpc) is 3.16. The number of likely N-dealkylation sites (tertiary alicyclic amines) is 2. The molecule has 0 aromatic carbocycles. The number of ketones is 1. The normalized spacial score (nSPS) is 23.9. The Morgan fingerprint density at radius 1 is 1.05 bits per heavy atom. The zero-order chi connectivity index (χ0) is 28.5.